The lowest BCUT2D eigenvalue weighted by Crippen LogP contribution is -2.27. The van der Waals surface area contributed by atoms with Crippen LogP contribution in [0.2, 0.25) is 0 Å². The maximum atomic E-state index is 13.3. The molecule has 122 valence electrons. The molecule has 0 fully saturated rings. The van der Waals surface area contributed by atoms with Crippen molar-refractivity contribution >= 4 is 12.4 Å². The van der Waals surface area contributed by atoms with Gasteiger partial charge < -0.3 is 10.8 Å². The van der Waals surface area contributed by atoms with Crippen molar-refractivity contribution < 1.29 is 22.7 Å². The first-order valence-electron chi connectivity index (χ1n) is 6.42. The SMILES string of the molecule is CC(C)CC[C@@H](O)[C@@H](N)c1cc(F)cc(C(F)(F)F)c1.Cl. The third-order valence-corrected chi connectivity index (χ3v) is 3.09. The van der Waals surface area contributed by atoms with Crippen molar-refractivity contribution in [1.82, 2.24) is 0 Å². The molecule has 0 heterocycles. The number of hydrogen-bond acceptors (Lipinski definition) is 2. The zero-order chi connectivity index (χ0) is 15.5. The molecule has 21 heavy (non-hydrogen) atoms. The molecule has 0 aliphatic rings. The smallest absolute Gasteiger partial charge is 0.391 e. The largest absolute Gasteiger partial charge is 0.416 e. The van der Waals surface area contributed by atoms with Gasteiger partial charge in [0.25, 0.3) is 0 Å². The number of halogens is 5. The third-order valence-electron chi connectivity index (χ3n) is 3.09. The highest BCUT2D eigenvalue weighted by Crippen LogP contribution is 2.32. The Bertz CT molecular complexity index is 451. The van der Waals surface area contributed by atoms with Gasteiger partial charge in [0.05, 0.1) is 17.7 Å². The summed E-state index contributed by atoms with van der Waals surface area (Å²) >= 11 is 0. The van der Waals surface area contributed by atoms with Crippen LogP contribution in [0.3, 0.4) is 0 Å². The predicted molar refractivity (Wildman–Crippen MR) is 75.7 cm³/mol. The molecule has 0 unspecified atom stereocenters. The normalized spacial score (nSPS) is 14.7. The molecule has 0 amide bonds. The molecular weight excluding hydrogens is 310 g/mol. The van der Waals surface area contributed by atoms with E-state index in [2.05, 4.69) is 0 Å². The first-order valence-corrected chi connectivity index (χ1v) is 6.42. The number of alkyl halides is 3. The molecule has 0 saturated heterocycles. The van der Waals surface area contributed by atoms with E-state index in [9.17, 15) is 22.7 Å². The predicted octanol–water partition coefficient (Wildman–Crippen LogP) is 4.06. The second kappa shape index (κ2) is 7.96. The molecule has 0 aliphatic heterocycles. The van der Waals surface area contributed by atoms with Gasteiger partial charge in [0.2, 0.25) is 0 Å². The molecule has 0 spiro atoms. The van der Waals surface area contributed by atoms with Crippen LogP contribution in [0.25, 0.3) is 0 Å². The highest BCUT2D eigenvalue weighted by molar-refractivity contribution is 5.85. The minimum absolute atomic E-state index is 0. The Morgan fingerprint density at radius 1 is 1.14 bits per heavy atom. The second-order valence-corrected chi connectivity index (χ2v) is 5.34. The molecule has 2 nitrogen and oxygen atoms in total. The highest BCUT2D eigenvalue weighted by Gasteiger charge is 2.32. The van der Waals surface area contributed by atoms with E-state index >= 15 is 0 Å². The molecular formula is C14H20ClF4NO. The molecule has 0 aromatic heterocycles. The van der Waals surface area contributed by atoms with Crippen LogP contribution < -0.4 is 5.73 Å². The van der Waals surface area contributed by atoms with E-state index in [1.54, 1.807) is 0 Å². The van der Waals surface area contributed by atoms with E-state index in [0.717, 1.165) is 12.1 Å². The third kappa shape index (κ3) is 6.20. The van der Waals surface area contributed by atoms with Gasteiger partial charge in [0.15, 0.2) is 0 Å². The second-order valence-electron chi connectivity index (χ2n) is 5.34. The van der Waals surface area contributed by atoms with Crippen molar-refractivity contribution in [3.8, 4) is 0 Å². The minimum atomic E-state index is -4.64. The van der Waals surface area contributed by atoms with E-state index in [0.29, 0.717) is 24.8 Å². The number of benzene rings is 1. The van der Waals surface area contributed by atoms with E-state index in [1.807, 2.05) is 13.8 Å². The summed E-state index contributed by atoms with van der Waals surface area (Å²) < 4.78 is 51.0. The lowest BCUT2D eigenvalue weighted by atomic mass is 9.95. The molecule has 0 saturated carbocycles. The van der Waals surface area contributed by atoms with Crippen molar-refractivity contribution in [2.24, 2.45) is 11.7 Å². The van der Waals surface area contributed by atoms with Gasteiger partial charge >= 0.3 is 6.18 Å². The van der Waals surface area contributed by atoms with Gasteiger partial charge in [-0.2, -0.15) is 13.2 Å². The lowest BCUT2D eigenvalue weighted by Gasteiger charge is -2.21. The minimum Gasteiger partial charge on any atom is -0.391 e. The van der Waals surface area contributed by atoms with Crippen LogP contribution in [-0.2, 0) is 6.18 Å². The Kier molecular flexibility index (Phi) is 7.64. The van der Waals surface area contributed by atoms with Crippen LogP contribution >= 0.6 is 12.4 Å². The van der Waals surface area contributed by atoms with Crippen LogP contribution in [0.1, 0.15) is 43.9 Å². The van der Waals surface area contributed by atoms with E-state index in [4.69, 9.17) is 5.73 Å². The van der Waals surface area contributed by atoms with Gasteiger partial charge in [-0.1, -0.05) is 13.8 Å². The quantitative estimate of drug-likeness (QED) is 0.800. The van der Waals surface area contributed by atoms with Gasteiger partial charge in [-0.3, -0.25) is 0 Å². The Morgan fingerprint density at radius 2 is 1.71 bits per heavy atom. The number of aliphatic hydroxyl groups is 1. The number of rotatable bonds is 5. The molecule has 2 atom stereocenters. The molecule has 0 bridgehead atoms. The van der Waals surface area contributed by atoms with Crippen molar-refractivity contribution in [2.45, 2.75) is 45.0 Å². The molecule has 0 radical (unpaired) electrons. The summed E-state index contributed by atoms with van der Waals surface area (Å²) in [4.78, 5) is 0. The Morgan fingerprint density at radius 3 is 2.19 bits per heavy atom. The average molecular weight is 330 g/mol. The van der Waals surface area contributed by atoms with Crippen LogP contribution in [0.4, 0.5) is 17.6 Å². The summed E-state index contributed by atoms with van der Waals surface area (Å²) in [6, 6.07) is 1.09. The fourth-order valence-corrected chi connectivity index (χ4v) is 1.87. The molecule has 1 rings (SSSR count). The van der Waals surface area contributed by atoms with Gasteiger partial charge in [-0.25, -0.2) is 4.39 Å². The van der Waals surface area contributed by atoms with Gasteiger partial charge in [0, 0.05) is 0 Å². The summed E-state index contributed by atoms with van der Waals surface area (Å²) in [6.07, 6.45) is -4.59. The summed E-state index contributed by atoms with van der Waals surface area (Å²) in [5.74, 6) is -0.670. The van der Waals surface area contributed by atoms with Crippen molar-refractivity contribution in [3.05, 3.63) is 35.1 Å². The Balaban J connectivity index is 0.00000400. The fraction of sp³-hybridized carbons (Fsp3) is 0.571. The molecule has 3 N–H and O–H groups in total. The van der Waals surface area contributed by atoms with Crippen LogP contribution in [0, 0.1) is 11.7 Å². The maximum Gasteiger partial charge on any atom is 0.416 e. The van der Waals surface area contributed by atoms with Gasteiger partial charge in [-0.05, 0) is 42.5 Å². The molecule has 7 heteroatoms. The summed E-state index contributed by atoms with van der Waals surface area (Å²) in [5.41, 5.74) is 4.58. The van der Waals surface area contributed by atoms with E-state index in [1.165, 1.54) is 0 Å². The number of nitrogens with two attached hydrogens (primary N) is 1. The van der Waals surface area contributed by atoms with Crippen molar-refractivity contribution in [1.29, 1.82) is 0 Å². The number of aliphatic hydroxyl groups excluding tert-OH is 1. The van der Waals surface area contributed by atoms with E-state index in [-0.39, 0.29) is 18.0 Å². The molecule has 1 aromatic rings. The molecule has 0 aliphatic carbocycles. The van der Waals surface area contributed by atoms with Crippen molar-refractivity contribution in [3.63, 3.8) is 0 Å². The van der Waals surface area contributed by atoms with Gasteiger partial charge in [0.1, 0.15) is 5.82 Å². The Hall–Kier alpha value is -0.850. The lowest BCUT2D eigenvalue weighted by molar-refractivity contribution is -0.137. The number of hydrogen-bond donors (Lipinski definition) is 2. The zero-order valence-corrected chi connectivity index (χ0v) is 12.6. The zero-order valence-electron chi connectivity index (χ0n) is 11.8. The summed E-state index contributed by atoms with van der Waals surface area (Å²) in [5, 5.41) is 9.88. The van der Waals surface area contributed by atoms with E-state index < -0.39 is 29.7 Å². The summed E-state index contributed by atoms with van der Waals surface area (Å²) in [6.45, 7) is 3.92. The standard InChI is InChI=1S/C14H19F4NO.ClH/c1-8(2)3-4-12(20)13(19)9-5-10(14(16,17)18)7-11(15)6-9;/h5-8,12-13,20H,3-4,19H2,1-2H3;1H/t12-,13+;/m1./s1. The maximum absolute atomic E-state index is 13.3. The average Bonchev–Trinajstić information content (AvgIpc) is 2.33. The fourth-order valence-electron chi connectivity index (χ4n) is 1.87. The summed E-state index contributed by atoms with van der Waals surface area (Å²) in [7, 11) is 0. The van der Waals surface area contributed by atoms with Crippen LogP contribution in [0.15, 0.2) is 18.2 Å². The Labute approximate surface area is 127 Å². The highest BCUT2D eigenvalue weighted by atomic mass is 35.5. The first-order chi connectivity index (χ1) is 9.11. The molecule has 1 aromatic carbocycles. The van der Waals surface area contributed by atoms with Gasteiger partial charge in [-0.15, -0.1) is 12.4 Å². The van der Waals surface area contributed by atoms with Crippen LogP contribution in [0.5, 0.6) is 0 Å². The topological polar surface area (TPSA) is 46.2 Å². The van der Waals surface area contributed by atoms with Crippen molar-refractivity contribution in [2.75, 3.05) is 0 Å². The monoisotopic (exact) mass is 329 g/mol. The first kappa shape index (κ1) is 20.1. The van der Waals surface area contributed by atoms with Crippen LogP contribution in [-0.4, -0.2) is 11.2 Å².